The van der Waals surface area contributed by atoms with Crippen LogP contribution in [0.4, 0.5) is 4.79 Å². The first kappa shape index (κ1) is 37.9. The van der Waals surface area contributed by atoms with Gasteiger partial charge in [0.15, 0.2) is 0 Å². The molecule has 1 aliphatic carbocycles. The normalized spacial score (nSPS) is 18.2. The van der Waals surface area contributed by atoms with Crippen molar-refractivity contribution in [1.82, 2.24) is 15.1 Å². The number of alkyl carbamates (subject to hydrolysis) is 1. The molecule has 1 N–H and O–H groups in total. The lowest BCUT2D eigenvalue weighted by molar-refractivity contribution is -0.149. The minimum Gasteiger partial charge on any atom is -0.458 e. The third-order valence-corrected chi connectivity index (χ3v) is 8.21. The summed E-state index contributed by atoms with van der Waals surface area (Å²) >= 11 is 0. The first-order valence-corrected chi connectivity index (χ1v) is 17.0. The number of nitrogens with zero attached hydrogens (tertiary/aromatic N) is 2. The molecule has 3 atom stereocenters. The van der Waals surface area contributed by atoms with Crippen molar-refractivity contribution in [3.8, 4) is 0 Å². The summed E-state index contributed by atoms with van der Waals surface area (Å²) in [5, 5.41) is 2.78. The minimum atomic E-state index is -0.531. The molecule has 8 nitrogen and oxygen atoms in total. The molecule has 1 rings (SSSR count). The van der Waals surface area contributed by atoms with Gasteiger partial charge in [-0.05, 0) is 46.0 Å². The molecule has 8 heteroatoms. The van der Waals surface area contributed by atoms with Crippen LogP contribution in [0.15, 0.2) is 12.2 Å². The number of nitrogens with one attached hydrogen (secondary N) is 1. The Hall–Kier alpha value is -2.09. The molecule has 0 bridgehead atoms. The molecule has 0 saturated heterocycles. The van der Waals surface area contributed by atoms with E-state index >= 15 is 0 Å². The van der Waals surface area contributed by atoms with Gasteiger partial charge in [-0.1, -0.05) is 109 Å². The number of carbonyl (C=O) groups is 3. The number of unbranched alkanes of at least 4 members (excludes halogenated alkanes) is 15. The van der Waals surface area contributed by atoms with Crippen molar-refractivity contribution in [3.63, 3.8) is 0 Å². The van der Waals surface area contributed by atoms with Crippen LogP contribution in [0.25, 0.3) is 0 Å². The average molecular weight is 594 g/mol. The molecule has 0 aromatic heterocycles. The minimum absolute atomic E-state index is 0.0791. The van der Waals surface area contributed by atoms with Crippen molar-refractivity contribution in [1.29, 1.82) is 0 Å². The van der Waals surface area contributed by atoms with E-state index in [0.29, 0.717) is 19.5 Å². The molecule has 2 amide bonds. The number of rotatable bonds is 26. The number of ether oxygens (including phenoxy) is 2. The molecule has 0 radical (unpaired) electrons. The molecule has 3 unspecified atom stereocenters. The van der Waals surface area contributed by atoms with Gasteiger partial charge < -0.3 is 24.6 Å². The highest BCUT2D eigenvalue weighted by Gasteiger charge is 2.36. The monoisotopic (exact) mass is 593 g/mol. The lowest BCUT2D eigenvalue weighted by Crippen LogP contribution is -2.49. The maximum absolute atomic E-state index is 12.3. The van der Waals surface area contributed by atoms with E-state index in [2.05, 4.69) is 17.1 Å². The van der Waals surface area contributed by atoms with Crippen LogP contribution in [0.2, 0.25) is 0 Å². The fourth-order valence-corrected chi connectivity index (χ4v) is 5.74. The lowest BCUT2D eigenvalue weighted by Gasteiger charge is -2.39. The molecular formula is C34H63N3O5. The van der Waals surface area contributed by atoms with Gasteiger partial charge in [0.1, 0.15) is 12.7 Å². The number of carbonyl (C=O) groups excluding carboxylic acids is 3. The molecular weight excluding hydrogens is 530 g/mol. The van der Waals surface area contributed by atoms with Gasteiger partial charge in [-0.2, -0.15) is 0 Å². The van der Waals surface area contributed by atoms with Crippen LogP contribution >= 0.6 is 0 Å². The second-order valence-electron chi connectivity index (χ2n) is 12.3. The van der Waals surface area contributed by atoms with Gasteiger partial charge in [-0.15, -0.1) is 0 Å². The third-order valence-electron chi connectivity index (χ3n) is 8.21. The zero-order valence-electron chi connectivity index (χ0n) is 27.5. The van der Waals surface area contributed by atoms with Crippen LogP contribution in [-0.4, -0.2) is 80.8 Å². The smallest absolute Gasteiger partial charge is 0.407 e. The van der Waals surface area contributed by atoms with E-state index in [9.17, 15) is 14.4 Å². The Balaban J connectivity index is 2.32. The Labute approximate surface area is 257 Å². The predicted molar refractivity (Wildman–Crippen MR) is 171 cm³/mol. The standard InChI is InChI=1S/C34H63N3O5/c1-5-6-7-8-9-10-11-12-13-14-15-16-17-18-19-20-27-37(29-38)32-23-21-24-33(42-30(2)39)31(32)28-41-34(40)35-25-22-26-36(3)4/h21,24,29,31-33H,5-20,22-23,25-28H2,1-4H3,(H,35,40). The summed E-state index contributed by atoms with van der Waals surface area (Å²) in [6.07, 6.45) is 26.1. The maximum Gasteiger partial charge on any atom is 0.407 e. The quantitative estimate of drug-likeness (QED) is 0.0491. The van der Waals surface area contributed by atoms with Crippen molar-refractivity contribution < 1.29 is 23.9 Å². The second-order valence-corrected chi connectivity index (χ2v) is 12.3. The second kappa shape index (κ2) is 25.4. The Kier molecular flexibility index (Phi) is 23.0. The predicted octanol–water partition coefficient (Wildman–Crippen LogP) is 7.26. The van der Waals surface area contributed by atoms with Crippen LogP contribution in [0.1, 0.15) is 129 Å². The van der Waals surface area contributed by atoms with E-state index in [1.807, 2.05) is 31.1 Å². The summed E-state index contributed by atoms with van der Waals surface area (Å²) in [5.74, 6) is -0.698. The van der Waals surface area contributed by atoms with Gasteiger partial charge in [-0.3, -0.25) is 9.59 Å². The van der Waals surface area contributed by atoms with Crippen LogP contribution in [0.5, 0.6) is 0 Å². The molecule has 0 fully saturated rings. The Bertz CT molecular complexity index is 730. The topological polar surface area (TPSA) is 88.2 Å². The summed E-state index contributed by atoms with van der Waals surface area (Å²) in [6, 6.07) is -0.185. The summed E-state index contributed by atoms with van der Waals surface area (Å²) in [6.45, 7) is 5.78. The van der Waals surface area contributed by atoms with E-state index in [-0.39, 0.29) is 24.5 Å². The number of amides is 2. The first-order valence-electron chi connectivity index (χ1n) is 17.0. The van der Waals surface area contributed by atoms with Gasteiger partial charge in [0, 0.05) is 26.1 Å². The van der Waals surface area contributed by atoms with E-state index in [1.165, 1.54) is 96.8 Å². The molecule has 0 aliphatic heterocycles. The summed E-state index contributed by atoms with van der Waals surface area (Å²) in [5.41, 5.74) is 0. The van der Waals surface area contributed by atoms with Gasteiger partial charge in [0.05, 0.1) is 5.92 Å². The molecule has 0 heterocycles. The van der Waals surface area contributed by atoms with Crippen molar-refractivity contribution >= 4 is 18.5 Å². The number of hydrogen-bond acceptors (Lipinski definition) is 6. The average Bonchev–Trinajstić information content (AvgIpc) is 2.96. The molecule has 0 aromatic carbocycles. The largest absolute Gasteiger partial charge is 0.458 e. The van der Waals surface area contributed by atoms with Gasteiger partial charge in [0.25, 0.3) is 0 Å². The number of esters is 1. The van der Waals surface area contributed by atoms with Crippen LogP contribution < -0.4 is 5.32 Å². The fraction of sp³-hybridized carbons (Fsp3) is 0.853. The Morgan fingerprint density at radius 2 is 1.38 bits per heavy atom. The van der Waals surface area contributed by atoms with Crippen molar-refractivity contribution in [3.05, 3.63) is 12.2 Å². The molecule has 0 aromatic rings. The van der Waals surface area contributed by atoms with Crippen LogP contribution in [-0.2, 0) is 19.1 Å². The van der Waals surface area contributed by atoms with Crippen LogP contribution in [0, 0.1) is 5.92 Å². The maximum atomic E-state index is 12.3. The van der Waals surface area contributed by atoms with Gasteiger partial charge in [-0.25, -0.2) is 4.79 Å². The van der Waals surface area contributed by atoms with E-state index in [1.54, 1.807) is 0 Å². The van der Waals surface area contributed by atoms with Gasteiger partial charge in [0.2, 0.25) is 6.41 Å². The SMILES string of the molecule is CCCCCCCCCCCCCCCCCCN(C=O)C1CC=CC(OC(C)=O)C1COC(=O)NCCCN(C)C. The molecule has 42 heavy (non-hydrogen) atoms. The summed E-state index contributed by atoms with van der Waals surface area (Å²) in [7, 11) is 3.98. The Morgan fingerprint density at radius 1 is 0.833 bits per heavy atom. The van der Waals surface area contributed by atoms with Crippen LogP contribution in [0.3, 0.4) is 0 Å². The zero-order valence-corrected chi connectivity index (χ0v) is 27.5. The van der Waals surface area contributed by atoms with E-state index in [0.717, 1.165) is 32.2 Å². The molecule has 0 spiro atoms. The van der Waals surface area contributed by atoms with Gasteiger partial charge >= 0.3 is 12.1 Å². The number of hydrogen-bond donors (Lipinski definition) is 1. The molecule has 244 valence electrons. The molecule has 1 aliphatic rings. The van der Waals surface area contributed by atoms with Crippen molar-refractivity contribution in [2.45, 2.75) is 142 Å². The Morgan fingerprint density at radius 3 is 1.88 bits per heavy atom. The highest BCUT2D eigenvalue weighted by Crippen LogP contribution is 2.27. The van der Waals surface area contributed by atoms with E-state index < -0.39 is 12.2 Å². The summed E-state index contributed by atoms with van der Waals surface area (Å²) in [4.78, 5) is 40.0. The van der Waals surface area contributed by atoms with E-state index in [4.69, 9.17) is 9.47 Å². The fourth-order valence-electron chi connectivity index (χ4n) is 5.74. The first-order chi connectivity index (χ1) is 20.4. The highest BCUT2D eigenvalue weighted by atomic mass is 16.6. The highest BCUT2D eigenvalue weighted by molar-refractivity contribution is 5.67. The third kappa shape index (κ3) is 19.2. The van der Waals surface area contributed by atoms with Crippen molar-refractivity contribution in [2.75, 3.05) is 40.3 Å². The lowest BCUT2D eigenvalue weighted by atomic mass is 9.86. The zero-order chi connectivity index (χ0) is 30.8. The van der Waals surface area contributed by atoms with Crippen molar-refractivity contribution in [2.24, 2.45) is 5.92 Å². The molecule has 0 saturated carbocycles. The summed E-state index contributed by atoms with van der Waals surface area (Å²) < 4.78 is 11.1.